The van der Waals surface area contributed by atoms with Crippen molar-refractivity contribution >= 4 is 17.7 Å². The van der Waals surface area contributed by atoms with Gasteiger partial charge in [0.2, 0.25) is 5.96 Å². The molecule has 0 amide bonds. The van der Waals surface area contributed by atoms with Crippen molar-refractivity contribution in [3.05, 3.63) is 24.0 Å². The maximum atomic E-state index is 8.51. The highest BCUT2D eigenvalue weighted by Crippen LogP contribution is 2.07. The number of hydrogen-bond donors (Lipinski definition) is 2. The second kappa shape index (κ2) is 9.24. The van der Waals surface area contributed by atoms with Gasteiger partial charge in [-0.05, 0) is 19.1 Å². The van der Waals surface area contributed by atoms with Crippen molar-refractivity contribution in [3.8, 4) is 6.19 Å². The molecule has 0 unspecified atom stereocenters. The number of aromatic nitrogens is 2. The molecule has 0 bridgehead atoms. The molecular weight excluding hydrogens is 248 g/mol. The molecule has 7 heteroatoms. The van der Waals surface area contributed by atoms with Gasteiger partial charge in [-0.3, -0.25) is 10.3 Å². The summed E-state index contributed by atoms with van der Waals surface area (Å²) in [5.74, 6) is 2.23. The number of hydrogen-bond acceptors (Lipinski definition) is 5. The Bertz CT molecular complexity index is 400. The fraction of sp³-hybridized carbons (Fsp3) is 0.455. The van der Waals surface area contributed by atoms with Crippen LogP contribution >= 0.6 is 11.8 Å². The number of nitrogens with zero attached hydrogens (tertiary/aromatic N) is 4. The molecule has 96 valence electrons. The highest BCUT2D eigenvalue weighted by molar-refractivity contribution is 7.98. The maximum absolute atomic E-state index is 8.51. The number of nitriles is 1. The summed E-state index contributed by atoms with van der Waals surface area (Å²) in [5, 5.41) is 21.8. The number of guanidine groups is 1. The van der Waals surface area contributed by atoms with E-state index in [9.17, 15) is 0 Å². The van der Waals surface area contributed by atoms with E-state index < -0.39 is 0 Å². The highest BCUT2D eigenvalue weighted by atomic mass is 32.2. The summed E-state index contributed by atoms with van der Waals surface area (Å²) in [6.07, 6.45) is 3.51. The van der Waals surface area contributed by atoms with Crippen LogP contribution in [0.3, 0.4) is 0 Å². The van der Waals surface area contributed by atoms with E-state index in [1.54, 1.807) is 18.0 Å². The summed E-state index contributed by atoms with van der Waals surface area (Å²) in [6.45, 7) is 3.35. The minimum absolute atomic E-state index is 0.528. The van der Waals surface area contributed by atoms with Crippen molar-refractivity contribution in [2.24, 2.45) is 4.99 Å². The van der Waals surface area contributed by atoms with Crippen LogP contribution in [0.4, 0.5) is 0 Å². The molecule has 0 atom stereocenters. The molecule has 0 aromatic carbocycles. The van der Waals surface area contributed by atoms with Crippen molar-refractivity contribution in [1.29, 1.82) is 5.26 Å². The second-order valence-corrected chi connectivity index (χ2v) is 4.37. The first kappa shape index (κ1) is 14.3. The molecule has 18 heavy (non-hydrogen) atoms. The van der Waals surface area contributed by atoms with Crippen LogP contribution in [0, 0.1) is 11.5 Å². The lowest BCUT2D eigenvalue weighted by Gasteiger charge is -2.04. The molecule has 2 N–H and O–H groups in total. The average molecular weight is 264 g/mol. The van der Waals surface area contributed by atoms with Gasteiger partial charge in [0.05, 0.1) is 12.2 Å². The van der Waals surface area contributed by atoms with Gasteiger partial charge in [-0.1, -0.05) is 0 Å². The van der Waals surface area contributed by atoms with Gasteiger partial charge in [0.1, 0.15) is 0 Å². The minimum atomic E-state index is 0.528. The Kier molecular flexibility index (Phi) is 7.32. The van der Waals surface area contributed by atoms with Crippen LogP contribution in [0.2, 0.25) is 0 Å². The zero-order valence-electron chi connectivity index (χ0n) is 10.3. The zero-order valence-corrected chi connectivity index (χ0v) is 11.1. The molecule has 0 spiro atoms. The van der Waals surface area contributed by atoms with Gasteiger partial charge >= 0.3 is 0 Å². The summed E-state index contributed by atoms with van der Waals surface area (Å²) in [5.41, 5.74) is 0.966. The Hall–Kier alpha value is -1.81. The lowest BCUT2D eigenvalue weighted by molar-refractivity contribution is 0.909. The molecule has 6 nitrogen and oxygen atoms in total. The number of nitrogens with one attached hydrogen (secondary N) is 2. The average Bonchev–Trinajstić information content (AvgIpc) is 2.40. The van der Waals surface area contributed by atoms with Crippen molar-refractivity contribution in [2.45, 2.75) is 12.7 Å². The summed E-state index contributed by atoms with van der Waals surface area (Å²) in [4.78, 5) is 4.25. The van der Waals surface area contributed by atoms with Crippen LogP contribution in [0.1, 0.15) is 12.6 Å². The van der Waals surface area contributed by atoms with E-state index in [0.717, 1.165) is 23.7 Å². The van der Waals surface area contributed by atoms with Gasteiger partial charge in [-0.25, -0.2) is 0 Å². The molecule has 0 aliphatic heterocycles. The van der Waals surface area contributed by atoms with E-state index in [4.69, 9.17) is 5.26 Å². The third-order valence-corrected chi connectivity index (χ3v) is 2.87. The molecule has 0 saturated heterocycles. The van der Waals surface area contributed by atoms with Crippen molar-refractivity contribution in [3.63, 3.8) is 0 Å². The maximum Gasteiger partial charge on any atom is 0.204 e. The Morgan fingerprint density at radius 2 is 2.50 bits per heavy atom. The normalized spacial score (nSPS) is 10.8. The van der Waals surface area contributed by atoms with Gasteiger partial charge < -0.3 is 5.32 Å². The number of thioether (sulfide) groups is 1. The van der Waals surface area contributed by atoms with E-state index >= 15 is 0 Å². The molecule has 0 fully saturated rings. The highest BCUT2D eigenvalue weighted by Gasteiger charge is 1.96. The van der Waals surface area contributed by atoms with Crippen molar-refractivity contribution in [2.75, 3.05) is 18.8 Å². The van der Waals surface area contributed by atoms with Gasteiger partial charge in [0.15, 0.2) is 6.19 Å². The minimum Gasteiger partial charge on any atom is -0.356 e. The van der Waals surface area contributed by atoms with E-state index in [0.29, 0.717) is 12.5 Å². The first-order chi connectivity index (χ1) is 8.86. The SMILES string of the molecule is CCN/C(=N/CCSCc1cccnn1)NC#N. The number of aliphatic imine (C=N–C) groups is 1. The quantitative estimate of drug-likeness (QED) is 0.259. The van der Waals surface area contributed by atoms with Crippen LogP contribution in [0.15, 0.2) is 23.3 Å². The Labute approximate surface area is 111 Å². The monoisotopic (exact) mass is 264 g/mol. The topological polar surface area (TPSA) is 86.0 Å². The summed E-state index contributed by atoms with van der Waals surface area (Å²) >= 11 is 1.74. The van der Waals surface area contributed by atoms with Crippen LogP contribution in [-0.4, -0.2) is 35.0 Å². The van der Waals surface area contributed by atoms with Gasteiger partial charge in [0, 0.05) is 24.2 Å². The lowest BCUT2D eigenvalue weighted by Crippen LogP contribution is -2.34. The molecule has 1 rings (SSSR count). The predicted molar refractivity (Wildman–Crippen MR) is 72.9 cm³/mol. The predicted octanol–water partition coefficient (Wildman–Crippen LogP) is 0.746. The van der Waals surface area contributed by atoms with Gasteiger partial charge in [-0.2, -0.15) is 27.2 Å². The molecule has 0 aliphatic rings. The smallest absolute Gasteiger partial charge is 0.204 e. The fourth-order valence-corrected chi connectivity index (χ4v) is 1.90. The van der Waals surface area contributed by atoms with Crippen molar-refractivity contribution in [1.82, 2.24) is 20.8 Å². The van der Waals surface area contributed by atoms with Crippen LogP contribution < -0.4 is 10.6 Å². The molecule has 0 aliphatic carbocycles. The molecule has 1 aromatic rings. The van der Waals surface area contributed by atoms with Gasteiger partial charge in [-0.15, -0.1) is 0 Å². The first-order valence-electron chi connectivity index (χ1n) is 5.64. The lowest BCUT2D eigenvalue weighted by atomic mass is 10.4. The first-order valence-corrected chi connectivity index (χ1v) is 6.80. The Balaban J connectivity index is 2.21. The molecule has 0 radical (unpaired) electrons. The third-order valence-electron chi connectivity index (χ3n) is 1.90. The standard InChI is InChI=1S/C11H16N6S/c1-2-13-11(15-9-12)14-6-7-18-8-10-4-3-5-16-17-10/h3-5H,2,6-8H2,1H3,(H2,13,14,15). The molecule has 0 saturated carbocycles. The Morgan fingerprint density at radius 1 is 1.61 bits per heavy atom. The third kappa shape index (κ3) is 6.06. The van der Waals surface area contributed by atoms with Gasteiger partial charge in [0.25, 0.3) is 0 Å². The second-order valence-electron chi connectivity index (χ2n) is 3.27. The summed E-state index contributed by atoms with van der Waals surface area (Å²) < 4.78 is 0. The summed E-state index contributed by atoms with van der Waals surface area (Å²) in [6, 6.07) is 3.83. The van der Waals surface area contributed by atoms with E-state index in [1.807, 2.05) is 25.2 Å². The van der Waals surface area contributed by atoms with Crippen molar-refractivity contribution < 1.29 is 0 Å². The molecule has 1 aromatic heterocycles. The van der Waals surface area contributed by atoms with E-state index in [2.05, 4.69) is 25.8 Å². The summed E-state index contributed by atoms with van der Waals surface area (Å²) in [7, 11) is 0. The molecular formula is C11H16N6S. The molecule has 1 heterocycles. The van der Waals surface area contributed by atoms with Crippen LogP contribution in [-0.2, 0) is 5.75 Å². The fourth-order valence-electron chi connectivity index (χ4n) is 1.17. The van der Waals surface area contributed by atoms with E-state index in [-0.39, 0.29) is 0 Å². The largest absolute Gasteiger partial charge is 0.356 e. The van der Waals surface area contributed by atoms with E-state index in [1.165, 1.54) is 0 Å². The van der Waals surface area contributed by atoms with Crippen LogP contribution in [0.5, 0.6) is 0 Å². The number of rotatable bonds is 6. The zero-order chi connectivity index (χ0) is 13.1. The van der Waals surface area contributed by atoms with Crippen LogP contribution in [0.25, 0.3) is 0 Å². The Morgan fingerprint density at radius 3 is 3.17 bits per heavy atom.